The summed E-state index contributed by atoms with van der Waals surface area (Å²) in [5.41, 5.74) is 1.92. The summed E-state index contributed by atoms with van der Waals surface area (Å²) in [6, 6.07) is 6.68. The number of methoxy groups -OCH3 is 1. The smallest absolute Gasteiger partial charge is 0.335 e. The number of aliphatic hydroxyl groups is 1. The first-order valence-electron chi connectivity index (χ1n) is 9.21. The highest BCUT2D eigenvalue weighted by Gasteiger charge is 2.24. The van der Waals surface area contributed by atoms with E-state index in [0.29, 0.717) is 12.8 Å². The second-order valence-corrected chi connectivity index (χ2v) is 6.53. The van der Waals surface area contributed by atoms with Gasteiger partial charge in [0.15, 0.2) is 0 Å². The van der Waals surface area contributed by atoms with E-state index in [2.05, 4.69) is 0 Å². The number of aromatic nitrogens is 2. The van der Waals surface area contributed by atoms with Crippen LogP contribution in [0.25, 0.3) is 5.69 Å². The fourth-order valence-electron chi connectivity index (χ4n) is 3.02. The Balaban J connectivity index is 2.48. The Labute approximate surface area is 160 Å². The van der Waals surface area contributed by atoms with Crippen LogP contribution in [-0.4, -0.2) is 38.9 Å². The average molecular weight is 372 g/mol. The van der Waals surface area contributed by atoms with Crippen LogP contribution in [0.3, 0.4) is 0 Å². The highest BCUT2D eigenvalue weighted by molar-refractivity contribution is 5.87. The molecule has 1 heterocycles. The molecule has 2 aromatic rings. The van der Waals surface area contributed by atoms with Crippen molar-refractivity contribution >= 4 is 5.97 Å². The van der Waals surface area contributed by atoms with Crippen molar-refractivity contribution in [1.29, 1.82) is 0 Å². The molecular weight excluding hydrogens is 344 g/mol. The van der Waals surface area contributed by atoms with Crippen molar-refractivity contribution in [2.24, 2.45) is 0 Å². The third-order valence-electron chi connectivity index (χ3n) is 4.75. The largest absolute Gasteiger partial charge is 0.502 e. The molecule has 0 fully saturated rings. The SMILES string of the molecule is CCC(O)C(CC)c1nc(C/C=C(\C)OC)cn1-c1ccc(C(=O)O)cc1. The number of aromatic carboxylic acids is 1. The van der Waals surface area contributed by atoms with Gasteiger partial charge in [0.05, 0.1) is 30.2 Å². The van der Waals surface area contributed by atoms with Gasteiger partial charge in [0.2, 0.25) is 0 Å². The van der Waals surface area contributed by atoms with Crippen molar-refractivity contribution < 1.29 is 19.7 Å². The Kier molecular flexibility index (Phi) is 7.19. The first-order chi connectivity index (χ1) is 12.9. The maximum absolute atomic E-state index is 11.1. The maximum Gasteiger partial charge on any atom is 0.335 e. The molecule has 0 saturated carbocycles. The van der Waals surface area contributed by atoms with Gasteiger partial charge in [-0.05, 0) is 50.1 Å². The van der Waals surface area contributed by atoms with E-state index in [9.17, 15) is 9.90 Å². The zero-order valence-electron chi connectivity index (χ0n) is 16.3. The van der Waals surface area contributed by atoms with E-state index in [4.69, 9.17) is 14.8 Å². The number of carboxylic acids is 1. The molecule has 0 amide bonds. The van der Waals surface area contributed by atoms with Crippen LogP contribution in [0.2, 0.25) is 0 Å². The Hall–Kier alpha value is -2.60. The number of carbonyl (C=O) groups is 1. The van der Waals surface area contributed by atoms with Gasteiger partial charge >= 0.3 is 5.97 Å². The van der Waals surface area contributed by atoms with Crippen molar-refractivity contribution in [3.05, 3.63) is 59.4 Å². The Morgan fingerprint density at radius 3 is 2.44 bits per heavy atom. The van der Waals surface area contributed by atoms with Crippen LogP contribution in [0.4, 0.5) is 0 Å². The second-order valence-electron chi connectivity index (χ2n) is 6.53. The molecule has 146 valence electrons. The van der Waals surface area contributed by atoms with Crippen molar-refractivity contribution in [2.75, 3.05) is 7.11 Å². The Morgan fingerprint density at radius 2 is 1.93 bits per heavy atom. The predicted molar refractivity (Wildman–Crippen MR) is 104 cm³/mol. The van der Waals surface area contributed by atoms with E-state index in [-0.39, 0.29) is 11.5 Å². The zero-order chi connectivity index (χ0) is 20.0. The summed E-state index contributed by atoms with van der Waals surface area (Å²) in [6.07, 6.45) is 5.42. The molecule has 1 aromatic carbocycles. The fourth-order valence-corrected chi connectivity index (χ4v) is 3.02. The number of imidazole rings is 1. The summed E-state index contributed by atoms with van der Waals surface area (Å²) in [4.78, 5) is 15.9. The molecule has 0 aliphatic carbocycles. The summed E-state index contributed by atoms with van der Waals surface area (Å²) in [5, 5.41) is 19.6. The minimum Gasteiger partial charge on any atom is -0.502 e. The van der Waals surface area contributed by atoms with E-state index in [0.717, 1.165) is 29.4 Å². The number of aliphatic hydroxyl groups excluding tert-OH is 1. The van der Waals surface area contributed by atoms with Gasteiger partial charge in [-0.1, -0.05) is 13.8 Å². The molecule has 0 saturated heterocycles. The number of allylic oxidation sites excluding steroid dienone is 2. The molecule has 0 aliphatic rings. The molecule has 0 bridgehead atoms. The summed E-state index contributed by atoms with van der Waals surface area (Å²) in [5.74, 6) is 0.544. The maximum atomic E-state index is 11.1. The number of hydrogen-bond donors (Lipinski definition) is 2. The van der Waals surface area contributed by atoms with Crippen LogP contribution in [0.15, 0.2) is 42.3 Å². The number of nitrogens with zero attached hydrogens (tertiary/aromatic N) is 2. The molecule has 0 radical (unpaired) electrons. The molecule has 1 aromatic heterocycles. The molecule has 2 unspecified atom stereocenters. The first-order valence-corrected chi connectivity index (χ1v) is 9.21. The lowest BCUT2D eigenvalue weighted by atomic mass is 9.96. The minimum absolute atomic E-state index is 0.101. The van der Waals surface area contributed by atoms with Gasteiger partial charge in [-0.15, -0.1) is 0 Å². The van der Waals surface area contributed by atoms with Crippen molar-refractivity contribution in [3.8, 4) is 5.69 Å². The summed E-state index contributed by atoms with van der Waals surface area (Å²) in [7, 11) is 1.63. The zero-order valence-corrected chi connectivity index (χ0v) is 16.3. The standard InChI is InChI=1S/C21H28N2O4/c1-5-18(19(24)6-2)20-22-16(10-7-14(3)27-4)13-23(20)17-11-8-15(9-12-17)21(25)26/h7-9,11-13,18-19,24H,5-6,10H2,1-4H3,(H,25,26)/b14-7+. The molecule has 2 rings (SSSR count). The molecule has 2 atom stereocenters. The monoisotopic (exact) mass is 372 g/mol. The molecule has 2 N–H and O–H groups in total. The topological polar surface area (TPSA) is 84.6 Å². The van der Waals surface area contributed by atoms with Gasteiger partial charge in [0.25, 0.3) is 0 Å². The number of carboxylic acid groups (broad SMARTS) is 1. The summed E-state index contributed by atoms with van der Waals surface area (Å²) in [6.45, 7) is 5.87. The molecule has 0 spiro atoms. The Bertz CT molecular complexity index is 793. The number of benzene rings is 1. The van der Waals surface area contributed by atoms with Gasteiger partial charge in [0.1, 0.15) is 5.82 Å². The van der Waals surface area contributed by atoms with Crippen LogP contribution >= 0.6 is 0 Å². The highest BCUT2D eigenvalue weighted by atomic mass is 16.5. The van der Waals surface area contributed by atoms with Gasteiger partial charge in [-0.2, -0.15) is 0 Å². The van der Waals surface area contributed by atoms with Crippen molar-refractivity contribution in [3.63, 3.8) is 0 Å². The van der Waals surface area contributed by atoms with Gasteiger partial charge in [-0.3, -0.25) is 0 Å². The second kappa shape index (κ2) is 9.37. The van der Waals surface area contributed by atoms with E-state index in [1.807, 2.05) is 37.6 Å². The summed E-state index contributed by atoms with van der Waals surface area (Å²) < 4.78 is 7.13. The fraction of sp³-hybridized carbons (Fsp3) is 0.429. The molecular formula is C21H28N2O4. The normalized spacial score (nSPS) is 14.0. The third kappa shape index (κ3) is 4.98. The number of ether oxygens (including phenoxy) is 1. The minimum atomic E-state index is -0.957. The number of hydrogen-bond acceptors (Lipinski definition) is 4. The predicted octanol–water partition coefficient (Wildman–Crippen LogP) is 3.93. The molecule has 0 aliphatic heterocycles. The lowest BCUT2D eigenvalue weighted by molar-refractivity contribution is 0.0697. The lowest BCUT2D eigenvalue weighted by Crippen LogP contribution is -2.20. The van der Waals surface area contributed by atoms with E-state index in [1.54, 1.807) is 31.4 Å². The average Bonchev–Trinajstić information content (AvgIpc) is 3.10. The van der Waals surface area contributed by atoms with Crippen LogP contribution < -0.4 is 0 Å². The number of rotatable bonds is 9. The van der Waals surface area contributed by atoms with Gasteiger partial charge in [0, 0.05) is 24.2 Å². The quantitative estimate of drug-likeness (QED) is 0.652. The van der Waals surface area contributed by atoms with E-state index < -0.39 is 12.1 Å². The summed E-state index contributed by atoms with van der Waals surface area (Å²) >= 11 is 0. The molecule has 6 heteroatoms. The van der Waals surface area contributed by atoms with Crippen LogP contribution in [0, 0.1) is 0 Å². The van der Waals surface area contributed by atoms with Crippen molar-refractivity contribution in [1.82, 2.24) is 9.55 Å². The lowest BCUT2D eigenvalue weighted by Gasteiger charge is -2.21. The van der Waals surface area contributed by atoms with Gasteiger partial charge < -0.3 is 19.5 Å². The van der Waals surface area contributed by atoms with Crippen LogP contribution in [0.5, 0.6) is 0 Å². The van der Waals surface area contributed by atoms with Crippen LogP contribution in [-0.2, 0) is 11.2 Å². The molecule has 27 heavy (non-hydrogen) atoms. The Morgan fingerprint density at radius 1 is 1.26 bits per heavy atom. The highest BCUT2D eigenvalue weighted by Crippen LogP contribution is 2.28. The van der Waals surface area contributed by atoms with E-state index in [1.165, 1.54) is 0 Å². The van der Waals surface area contributed by atoms with Crippen molar-refractivity contribution in [2.45, 2.75) is 52.1 Å². The van der Waals surface area contributed by atoms with E-state index >= 15 is 0 Å². The third-order valence-corrected chi connectivity index (χ3v) is 4.75. The van der Waals surface area contributed by atoms with Gasteiger partial charge in [-0.25, -0.2) is 9.78 Å². The first kappa shape index (κ1) is 20.7. The van der Waals surface area contributed by atoms with Crippen LogP contribution in [0.1, 0.15) is 61.4 Å². The molecule has 6 nitrogen and oxygen atoms in total.